The van der Waals surface area contributed by atoms with Crippen molar-refractivity contribution in [3.05, 3.63) is 89.5 Å². The summed E-state index contributed by atoms with van der Waals surface area (Å²) in [7, 11) is 3.00. The van der Waals surface area contributed by atoms with Gasteiger partial charge in [0.25, 0.3) is 11.8 Å². The molecule has 4 rings (SSSR count). The maximum Gasteiger partial charge on any atom is 0.335 e. The Morgan fingerprint density at radius 2 is 1.56 bits per heavy atom. The van der Waals surface area contributed by atoms with Gasteiger partial charge in [0, 0.05) is 0 Å². The van der Waals surface area contributed by atoms with Gasteiger partial charge < -0.3 is 14.2 Å². The standard InChI is InChI=1S/C26H22N2O6/c1-32-22-13-8-18(15-23(22)33-2)14-21-24(29)27-26(31)28(25(21)30)19-9-11-20(12-10-19)34-16-17-6-4-3-5-7-17/h3-15H,16H2,1-2H3,(H,27,29,31)/b21-14+. The summed E-state index contributed by atoms with van der Waals surface area (Å²) in [5.41, 5.74) is 1.67. The van der Waals surface area contributed by atoms with Crippen LogP contribution in [0.3, 0.4) is 0 Å². The van der Waals surface area contributed by atoms with Crippen LogP contribution >= 0.6 is 0 Å². The number of methoxy groups -OCH3 is 2. The highest BCUT2D eigenvalue weighted by Crippen LogP contribution is 2.29. The second kappa shape index (κ2) is 9.91. The lowest BCUT2D eigenvalue weighted by Crippen LogP contribution is -2.54. The number of hydrogen-bond acceptors (Lipinski definition) is 6. The van der Waals surface area contributed by atoms with E-state index in [1.807, 2.05) is 30.3 Å². The Balaban J connectivity index is 1.55. The maximum absolute atomic E-state index is 13.1. The van der Waals surface area contributed by atoms with Gasteiger partial charge in [0.1, 0.15) is 17.9 Å². The molecule has 1 aliphatic rings. The van der Waals surface area contributed by atoms with Crippen molar-refractivity contribution in [3.63, 3.8) is 0 Å². The number of carbonyl (C=O) groups excluding carboxylic acids is 3. The van der Waals surface area contributed by atoms with Gasteiger partial charge in [-0.05, 0) is 53.6 Å². The Morgan fingerprint density at radius 3 is 2.24 bits per heavy atom. The number of rotatable bonds is 7. The number of hydrogen-bond donors (Lipinski definition) is 1. The molecular weight excluding hydrogens is 436 g/mol. The minimum absolute atomic E-state index is 0.184. The lowest BCUT2D eigenvalue weighted by molar-refractivity contribution is -0.122. The molecule has 8 nitrogen and oxygen atoms in total. The van der Waals surface area contributed by atoms with Crippen molar-refractivity contribution in [2.45, 2.75) is 6.61 Å². The third-order valence-electron chi connectivity index (χ3n) is 5.16. The zero-order valence-electron chi connectivity index (χ0n) is 18.6. The number of anilines is 1. The van der Waals surface area contributed by atoms with Crippen molar-refractivity contribution in [3.8, 4) is 17.2 Å². The number of ether oxygens (including phenoxy) is 3. The van der Waals surface area contributed by atoms with Crippen LogP contribution in [0.4, 0.5) is 10.5 Å². The van der Waals surface area contributed by atoms with Gasteiger partial charge >= 0.3 is 6.03 Å². The normalized spacial score (nSPS) is 14.7. The fraction of sp³-hybridized carbons (Fsp3) is 0.115. The maximum atomic E-state index is 13.1. The molecule has 4 amide bonds. The van der Waals surface area contributed by atoms with E-state index in [1.54, 1.807) is 42.5 Å². The molecule has 0 spiro atoms. The van der Waals surface area contributed by atoms with Crippen molar-refractivity contribution in [2.24, 2.45) is 0 Å². The summed E-state index contributed by atoms with van der Waals surface area (Å²) in [4.78, 5) is 38.9. The summed E-state index contributed by atoms with van der Waals surface area (Å²) >= 11 is 0. The molecule has 0 bridgehead atoms. The van der Waals surface area contributed by atoms with Crippen molar-refractivity contribution >= 4 is 29.6 Å². The van der Waals surface area contributed by atoms with Crippen LogP contribution in [-0.2, 0) is 16.2 Å². The molecule has 3 aromatic carbocycles. The van der Waals surface area contributed by atoms with Crippen molar-refractivity contribution in [1.82, 2.24) is 5.32 Å². The van der Waals surface area contributed by atoms with Gasteiger partial charge in [-0.25, -0.2) is 9.69 Å². The quantitative estimate of drug-likeness (QED) is 0.426. The Bertz CT molecular complexity index is 1250. The molecule has 1 heterocycles. The fourth-order valence-corrected chi connectivity index (χ4v) is 3.43. The highest BCUT2D eigenvalue weighted by atomic mass is 16.5. The van der Waals surface area contributed by atoms with Crippen LogP contribution in [0.25, 0.3) is 6.08 Å². The summed E-state index contributed by atoms with van der Waals surface area (Å²) in [6.07, 6.45) is 1.40. The first-order valence-electron chi connectivity index (χ1n) is 10.4. The Labute approximate surface area is 196 Å². The zero-order valence-corrected chi connectivity index (χ0v) is 18.6. The van der Waals surface area contributed by atoms with Gasteiger partial charge in [0.2, 0.25) is 0 Å². The van der Waals surface area contributed by atoms with Gasteiger partial charge in [-0.2, -0.15) is 0 Å². The van der Waals surface area contributed by atoms with E-state index < -0.39 is 17.8 Å². The number of amides is 4. The monoisotopic (exact) mass is 458 g/mol. The molecule has 8 heteroatoms. The van der Waals surface area contributed by atoms with Crippen LogP contribution < -0.4 is 24.4 Å². The molecule has 1 saturated heterocycles. The predicted octanol–water partition coefficient (Wildman–Crippen LogP) is 3.95. The molecule has 1 aliphatic heterocycles. The predicted molar refractivity (Wildman–Crippen MR) is 126 cm³/mol. The smallest absolute Gasteiger partial charge is 0.335 e. The van der Waals surface area contributed by atoms with Crippen molar-refractivity contribution < 1.29 is 28.6 Å². The summed E-state index contributed by atoms with van der Waals surface area (Å²) in [6, 6.07) is 20.3. The minimum atomic E-state index is -0.822. The van der Waals surface area contributed by atoms with Gasteiger partial charge in [-0.1, -0.05) is 36.4 Å². The van der Waals surface area contributed by atoms with Gasteiger partial charge in [-0.3, -0.25) is 14.9 Å². The summed E-state index contributed by atoms with van der Waals surface area (Å²) in [5.74, 6) is 0.0231. The number of benzene rings is 3. The van der Waals surface area contributed by atoms with Crippen LogP contribution in [0.1, 0.15) is 11.1 Å². The molecule has 0 aromatic heterocycles. The minimum Gasteiger partial charge on any atom is -0.493 e. The second-order valence-electron chi connectivity index (χ2n) is 7.34. The lowest BCUT2D eigenvalue weighted by Gasteiger charge is -2.26. The van der Waals surface area contributed by atoms with Crippen LogP contribution in [0.2, 0.25) is 0 Å². The number of carbonyl (C=O) groups is 3. The summed E-state index contributed by atoms with van der Waals surface area (Å²) in [5, 5.41) is 2.21. The molecule has 0 aliphatic carbocycles. The van der Waals surface area contributed by atoms with Crippen LogP contribution in [-0.4, -0.2) is 32.1 Å². The highest BCUT2D eigenvalue weighted by Gasteiger charge is 2.36. The van der Waals surface area contributed by atoms with E-state index in [0.29, 0.717) is 35.1 Å². The Kier molecular flexibility index (Phi) is 6.59. The van der Waals surface area contributed by atoms with Crippen LogP contribution in [0, 0.1) is 0 Å². The topological polar surface area (TPSA) is 94.2 Å². The molecule has 3 aromatic rings. The fourth-order valence-electron chi connectivity index (χ4n) is 3.43. The molecular formula is C26H22N2O6. The Hall–Kier alpha value is -4.59. The van der Waals surface area contributed by atoms with E-state index in [0.717, 1.165) is 10.5 Å². The number of imide groups is 2. The first-order chi connectivity index (χ1) is 16.5. The van der Waals surface area contributed by atoms with Gasteiger partial charge in [-0.15, -0.1) is 0 Å². The molecule has 1 fully saturated rings. The highest BCUT2D eigenvalue weighted by molar-refractivity contribution is 6.39. The van der Waals surface area contributed by atoms with E-state index in [9.17, 15) is 14.4 Å². The zero-order chi connectivity index (χ0) is 24.1. The first-order valence-corrected chi connectivity index (χ1v) is 10.4. The number of urea groups is 1. The van der Waals surface area contributed by atoms with E-state index >= 15 is 0 Å². The summed E-state index contributed by atoms with van der Waals surface area (Å²) in [6.45, 7) is 0.385. The van der Waals surface area contributed by atoms with E-state index in [4.69, 9.17) is 14.2 Å². The number of barbiturate groups is 1. The molecule has 0 unspecified atom stereocenters. The number of nitrogens with zero attached hydrogens (tertiary/aromatic N) is 1. The third-order valence-corrected chi connectivity index (χ3v) is 5.16. The third kappa shape index (κ3) is 4.75. The molecule has 172 valence electrons. The largest absolute Gasteiger partial charge is 0.493 e. The average molecular weight is 458 g/mol. The van der Waals surface area contributed by atoms with E-state index in [-0.39, 0.29) is 5.57 Å². The van der Waals surface area contributed by atoms with E-state index in [1.165, 1.54) is 20.3 Å². The van der Waals surface area contributed by atoms with Gasteiger partial charge in [0.15, 0.2) is 11.5 Å². The lowest BCUT2D eigenvalue weighted by atomic mass is 10.1. The van der Waals surface area contributed by atoms with E-state index in [2.05, 4.69) is 5.32 Å². The van der Waals surface area contributed by atoms with Crippen LogP contribution in [0.15, 0.2) is 78.4 Å². The number of nitrogens with one attached hydrogen (secondary N) is 1. The molecule has 0 atom stereocenters. The molecule has 0 radical (unpaired) electrons. The summed E-state index contributed by atoms with van der Waals surface area (Å²) < 4.78 is 16.2. The average Bonchev–Trinajstić information content (AvgIpc) is 2.86. The first kappa shape index (κ1) is 22.6. The van der Waals surface area contributed by atoms with Crippen molar-refractivity contribution in [1.29, 1.82) is 0 Å². The SMILES string of the molecule is COc1ccc(/C=C2\C(=O)NC(=O)N(c3ccc(OCc4ccccc4)cc3)C2=O)cc1OC. The van der Waals surface area contributed by atoms with Crippen LogP contribution in [0.5, 0.6) is 17.2 Å². The second-order valence-corrected chi connectivity index (χ2v) is 7.34. The molecule has 1 N–H and O–H groups in total. The van der Waals surface area contributed by atoms with Gasteiger partial charge in [0.05, 0.1) is 19.9 Å². The molecule has 0 saturated carbocycles. The Morgan fingerprint density at radius 1 is 0.853 bits per heavy atom. The molecule has 34 heavy (non-hydrogen) atoms. The van der Waals surface area contributed by atoms with Crippen molar-refractivity contribution in [2.75, 3.05) is 19.1 Å².